The summed E-state index contributed by atoms with van der Waals surface area (Å²) in [4.78, 5) is 13.6. The van der Waals surface area contributed by atoms with E-state index in [0.717, 1.165) is 12.1 Å². The molecule has 1 aromatic rings. The minimum Gasteiger partial charge on any atom is -0.351 e. The van der Waals surface area contributed by atoms with E-state index in [1.54, 1.807) is 0 Å². The van der Waals surface area contributed by atoms with Crippen LogP contribution in [0.25, 0.3) is 0 Å². The predicted octanol–water partition coefficient (Wildman–Crippen LogP) is 2.31. The number of hydrogen-bond donors (Lipinski definition) is 1. The van der Waals surface area contributed by atoms with Crippen LogP contribution in [0.5, 0.6) is 0 Å². The van der Waals surface area contributed by atoms with E-state index in [1.807, 2.05) is 64.0 Å². The van der Waals surface area contributed by atoms with Crippen molar-refractivity contribution in [3.05, 3.63) is 35.4 Å². The van der Waals surface area contributed by atoms with Crippen LogP contribution in [0.1, 0.15) is 29.8 Å². The highest BCUT2D eigenvalue weighted by atomic mass is 16.1. The van der Waals surface area contributed by atoms with Crippen molar-refractivity contribution in [1.82, 2.24) is 10.2 Å². The molecule has 96 valence electrons. The minimum absolute atomic E-state index is 0.00292. The van der Waals surface area contributed by atoms with Gasteiger partial charge in [0.2, 0.25) is 0 Å². The number of carbonyl (C=O) groups excluding carboxylic acids is 1. The zero-order valence-corrected chi connectivity index (χ0v) is 11.6. The maximum absolute atomic E-state index is 11.6. The molecule has 3 heteroatoms. The van der Waals surface area contributed by atoms with Gasteiger partial charge in [-0.1, -0.05) is 31.5 Å². The number of nitrogens with one attached hydrogen (secondary N) is 1. The maximum Gasteiger partial charge on any atom is 0.251 e. The summed E-state index contributed by atoms with van der Waals surface area (Å²) in [5, 5.41) is 2.87. The average Bonchev–Trinajstić information content (AvgIpc) is 2.32. The van der Waals surface area contributed by atoms with Gasteiger partial charge in [-0.3, -0.25) is 4.79 Å². The zero-order valence-electron chi connectivity index (χ0n) is 11.6. The molecule has 1 amide bonds. The van der Waals surface area contributed by atoms with Crippen LogP contribution in [0.15, 0.2) is 24.3 Å². The van der Waals surface area contributed by atoms with E-state index in [9.17, 15) is 4.79 Å². The van der Waals surface area contributed by atoms with Gasteiger partial charge < -0.3 is 10.2 Å². The van der Waals surface area contributed by atoms with E-state index in [0.29, 0.717) is 6.54 Å². The van der Waals surface area contributed by atoms with Gasteiger partial charge in [0.25, 0.3) is 5.91 Å². The number of aryl methyl sites for hydroxylation is 1. The van der Waals surface area contributed by atoms with E-state index in [-0.39, 0.29) is 5.91 Å². The molecule has 0 aliphatic rings. The van der Waals surface area contributed by atoms with Crippen LogP contribution in [-0.2, 0) is 0 Å². The van der Waals surface area contributed by atoms with Crippen LogP contribution in [0.3, 0.4) is 0 Å². The Kier molecular flexibility index (Phi) is 8.07. The summed E-state index contributed by atoms with van der Waals surface area (Å²) in [6, 6.07) is 7.59. The SMILES string of the molecule is CC.Cc1ccc(C(=O)NCCN(C)C)cc1. The Balaban J connectivity index is 0.00000121. The summed E-state index contributed by atoms with van der Waals surface area (Å²) in [7, 11) is 3.97. The third-order valence-corrected chi connectivity index (χ3v) is 2.16. The molecule has 1 N–H and O–H groups in total. The second kappa shape index (κ2) is 8.76. The largest absolute Gasteiger partial charge is 0.351 e. The second-order valence-electron chi connectivity index (χ2n) is 3.93. The van der Waals surface area contributed by atoms with E-state index in [2.05, 4.69) is 5.32 Å². The van der Waals surface area contributed by atoms with E-state index >= 15 is 0 Å². The molecule has 0 atom stereocenters. The van der Waals surface area contributed by atoms with Crippen molar-refractivity contribution >= 4 is 5.91 Å². The molecule has 0 saturated carbocycles. The van der Waals surface area contributed by atoms with Gasteiger partial charge in [0, 0.05) is 18.7 Å². The van der Waals surface area contributed by atoms with E-state index in [1.165, 1.54) is 5.56 Å². The van der Waals surface area contributed by atoms with Crippen molar-refractivity contribution in [1.29, 1.82) is 0 Å². The number of hydrogen-bond acceptors (Lipinski definition) is 2. The van der Waals surface area contributed by atoms with Crippen molar-refractivity contribution in [2.45, 2.75) is 20.8 Å². The van der Waals surface area contributed by atoms with Gasteiger partial charge in [-0.25, -0.2) is 0 Å². The molecule has 0 unspecified atom stereocenters. The lowest BCUT2D eigenvalue weighted by Gasteiger charge is -2.10. The van der Waals surface area contributed by atoms with Gasteiger partial charge in [0.05, 0.1) is 0 Å². The topological polar surface area (TPSA) is 32.3 Å². The van der Waals surface area contributed by atoms with Gasteiger partial charge in [0.1, 0.15) is 0 Å². The molecular weight excluding hydrogens is 212 g/mol. The number of likely N-dealkylation sites (N-methyl/N-ethyl adjacent to an activating group) is 1. The Labute approximate surface area is 105 Å². The fourth-order valence-electron chi connectivity index (χ4n) is 1.20. The lowest BCUT2D eigenvalue weighted by molar-refractivity contribution is 0.0951. The first kappa shape index (κ1) is 15.7. The van der Waals surface area contributed by atoms with Gasteiger partial charge in [-0.05, 0) is 33.2 Å². The third-order valence-electron chi connectivity index (χ3n) is 2.16. The predicted molar refractivity (Wildman–Crippen MR) is 73.4 cm³/mol. The summed E-state index contributed by atoms with van der Waals surface area (Å²) in [5.74, 6) is -0.00292. The van der Waals surface area contributed by atoms with Crippen molar-refractivity contribution in [2.24, 2.45) is 0 Å². The maximum atomic E-state index is 11.6. The van der Waals surface area contributed by atoms with Crippen LogP contribution in [-0.4, -0.2) is 38.0 Å². The molecule has 0 radical (unpaired) electrons. The Morgan fingerprint density at radius 3 is 2.18 bits per heavy atom. The summed E-state index contributed by atoms with van der Waals surface area (Å²) in [6.07, 6.45) is 0. The fraction of sp³-hybridized carbons (Fsp3) is 0.500. The minimum atomic E-state index is -0.00292. The van der Waals surface area contributed by atoms with E-state index < -0.39 is 0 Å². The Morgan fingerprint density at radius 1 is 1.18 bits per heavy atom. The molecule has 0 fully saturated rings. The molecule has 1 rings (SSSR count). The smallest absolute Gasteiger partial charge is 0.251 e. The highest BCUT2D eigenvalue weighted by Crippen LogP contribution is 2.02. The van der Waals surface area contributed by atoms with Crippen molar-refractivity contribution in [2.75, 3.05) is 27.2 Å². The summed E-state index contributed by atoms with van der Waals surface area (Å²) >= 11 is 0. The first-order chi connectivity index (χ1) is 8.09. The number of amides is 1. The Bertz CT molecular complexity index is 317. The van der Waals surface area contributed by atoms with Crippen LogP contribution in [0.2, 0.25) is 0 Å². The molecule has 0 aromatic heterocycles. The molecule has 0 spiro atoms. The second-order valence-corrected chi connectivity index (χ2v) is 3.93. The quantitative estimate of drug-likeness (QED) is 0.870. The Hall–Kier alpha value is -1.35. The number of carbonyl (C=O) groups is 1. The first-order valence-corrected chi connectivity index (χ1v) is 6.09. The summed E-state index contributed by atoms with van der Waals surface area (Å²) in [6.45, 7) is 7.55. The van der Waals surface area contributed by atoms with Gasteiger partial charge in [-0.15, -0.1) is 0 Å². The molecule has 17 heavy (non-hydrogen) atoms. The highest BCUT2D eigenvalue weighted by Gasteiger charge is 2.03. The Morgan fingerprint density at radius 2 is 1.71 bits per heavy atom. The van der Waals surface area contributed by atoms with Gasteiger partial charge in [0.15, 0.2) is 0 Å². The van der Waals surface area contributed by atoms with Crippen LogP contribution < -0.4 is 5.32 Å². The lowest BCUT2D eigenvalue weighted by atomic mass is 10.1. The standard InChI is InChI=1S/C12H18N2O.C2H6/c1-10-4-6-11(7-5-10)12(15)13-8-9-14(2)3;1-2/h4-7H,8-9H2,1-3H3,(H,13,15);1-2H3. The molecular formula is C14H24N2O. The van der Waals surface area contributed by atoms with Crippen molar-refractivity contribution < 1.29 is 4.79 Å². The van der Waals surface area contributed by atoms with Gasteiger partial charge >= 0.3 is 0 Å². The number of nitrogens with zero attached hydrogens (tertiary/aromatic N) is 1. The lowest BCUT2D eigenvalue weighted by Crippen LogP contribution is -2.31. The molecule has 0 bridgehead atoms. The first-order valence-electron chi connectivity index (χ1n) is 6.09. The molecule has 0 aliphatic heterocycles. The molecule has 0 heterocycles. The summed E-state index contributed by atoms with van der Waals surface area (Å²) in [5.41, 5.74) is 1.89. The fourth-order valence-corrected chi connectivity index (χ4v) is 1.20. The van der Waals surface area contributed by atoms with Crippen molar-refractivity contribution in [3.8, 4) is 0 Å². The number of benzene rings is 1. The monoisotopic (exact) mass is 236 g/mol. The molecule has 0 saturated heterocycles. The highest BCUT2D eigenvalue weighted by molar-refractivity contribution is 5.94. The molecule has 1 aromatic carbocycles. The average molecular weight is 236 g/mol. The normalized spacial score (nSPS) is 9.53. The molecule has 3 nitrogen and oxygen atoms in total. The molecule has 0 aliphatic carbocycles. The zero-order chi connectivity index (χ0) is 13.3. The van der Waals surface area contributed by atoms with Crippen molar-refractivity contribution in [3.63, 3.8) is 0 Å². The van der Waals surface area contributed by atoms with Crippen LogP contribution in [0, 0.1) is 6.92 Å². The number of rotatable bonds is 4. The van der Waals surface area contributed by atoms with Crippen LogP contribution >= 0.6 is 0 Å². The van der Waals surface area contributed by atoms with Gasteiger partial charge in [-0.2, -0.15) is 0 Å². The summed E-state index contributed by atoms with van der Waals surface area (Å²) < 4.78 is 0. The van der Waals surface area contributed by atoms with E-state index in [4.69, 9.17) is 0 Å². The third kappa shape index (κ3) is 6.74. The van der Waals surface area contributed by atoms with Crippen LogP contribution in [0.4, 0.5) is 0 Å².